The van der Waals surface area contributed by atoms with Crippen LogP contribution in [0.2, 0.25) is 0 Å². The van der Waals surface area contributed by atoms with Crippen molar-refractivity contribution in [1.29, 1.82) is 0 Å². The zero-order valence-corrected chi connectivity index (χ0v) is 13.6. The molecule has 1 aromatic rings. The van der Waals surface area contributed by atoms with Gasteiger partial charge in [0, 0.05) is 25.8 Å². The summed E-state index contributed by atoms with van der Waals surface area (Å²) in [7, 11) is 2.06. The maximum absolute atomic E-state index is 5.57. The molecule has 0 aromatic carbocycles. The second-order valence-electron chi connectivity index (χ2n) is 5.43. The maximum atomic E-state index is 5.57. The number of hydrogen-bond donors (Lipinski definition) is 1. The lowest BCUT2D eigenvalue weighted by Gasteiger charge is -2.20. The summed E-state index contributed by atoms with van der Waals surface area (Å²) < 4.78 is 5.57. The third kappa shape index (κ3) is 5.88. The van der Waals surface area contributed by atoms with Gasteiger partial charge in [0.25, 0.3) is 0 Å². The van der Waals surface area contributed by atoms with Gasteiger partial charge in [-0.25, -0.2) is 4.98 Å². The van der Waals surface area contributed by atoms with Gasteiger partial charge in [-0.05, 0) is 45.4 Å². The Kier molecular flexibility index (Phi) is 7.55. The van der Waals surface area contributed by atoms with Crippen molar-refractivity contribution in [1.82, 2.24) is 10.3 Å². The Morgan fingerprint density at radius 3 is 2.70 bits per heavy atom. The van der Waals surface area contributed by atoms with E-state index in [1.165, 1.54) is 5.56 Å². The molecule has 0 aliphatic carbocycles. The molecule has 1 rings (SSSR count). The Bertz CT molecular complexity index is 393. The minimum atomic E-state index is 0.283. The Morgan fingerprint density at radius 2 is 2.10 bits per heavy atom. The number of hydrogen-bond acceptors (Lipinski definition) is 4. The minimum Gasteiger partial charge on any atom is -0.377 e. The number of aromatic nitrogens is 1. The second-order valence-corrected chi connectivity index (χ2v) is 5.43. The fourth-order valence-corrected chi connectivity index (χ4v) is 1.92. The van der Waals surface area contributed by atoms with Crippen LogP contribution in [0.3, 0.4) is 0 Å². The van der Waals surface area contributed by atoms with E-state index in [0.29, 0.717) is 0 Å². The molecule has 0 saturated carbocycles. The van der Waals surface area contributed by atoms with Gasteiger partial charge < -0.3 is 15.0 Å². The molecule has 0 aliphatic heterocycles. The van der Waals surface area contributed by atoms with Crippen LogP contribution in [-0.2, 0) is 11.3 Å². The van der Waals surface area contributed by atoms with E-state index in [-0.39, 0.29) is 6.10 Å². The lowest BCUT2D eigenvalue weighted by molar-refractivity contribution is 0.0845. The van der Waals surface area contributed by atoms with Crippen molar-refractivity contribution in [2.75, 3.05) is 31.6 Å². The first-order valence-electron chi connectivity index (χ1n) is 7.54. The van der Waals surface area contributed by atoms with Gasteiger partial charge in [0.1, 0.15) is 5.82 Å². The normalized spacial score (nSPS) is 11.1. The highest BCUT2D eigenvalue weighted by atomic mass is 16.5. The highest BCUT2D eigenvalue weighted by Gasteiger charge is 2.06. The Labute approximate surface area is 123 Å². The van der Waals surface area contributed by atoms with Crippen LogP contribution in [-0.4, -0.2) is 37.8 Å². The molecule has 0 unspecified atom stereocenters. The standard InChI is InChI=1S/C16H29N3O/c1-6-9-17-12-15-7-8-16(18-14(15)4)19(5)10-11-20-13(2)3/h7-8,13,17H,6,9-12H2,1-5H3. The average Bonchev–Trinajstić information content (AvgIpc) is 2.40. The summed E-state index contributed by atoms with van der Waals surface area (Å²) in [5, 5.41) is 3.41. The van der Waals surface area contributed by atoms with E-state index in [1.807, 2.05) is 0 Å². The van der Waals surface area contributed by atoms with E-state index in [9.17, 15) is 0 Å². The van der Waals surface area contributed by atoms with Crippen molar-refractivity contribution in [3.63, 3.8) is 0 Å². The predicted molar refractivity (Wildman–Crippen MR) is 85.3 cm³/mol. The number of aryl methyl sites for hydroxylation is 1. The fraction of sp³-hybridized carbons (Fsp3) is 0.688. The Hall–Kier alpha value is -1.13. The third-order valence-corrected chi connectivity index (χ3v) is 3.19. The quantitative estimate of drug-likeness (QED) is 0.705. The molecule has 4 heteroatoms. The van der Waals surface area contributed by atoms with Crippen molar-refractivity contribution < 1.29 is 4.74 Å². The van der Waals surface area contributed by atoms with Crippen molar-refractivity contribution >= 4 is 5.82 Å². The third-order valence-electron chi connectivity index (χ3n) is 3.19. The molecular formula is C16H29N3O. The minimum absolute atomic E-state index is 0.283. The fourth-order valence-electron chi connectivity index (χ4n) is 1.92. The summed E-state index contributed by atoms with van der Waals surface area (Å²) >= 11 is 0. The summed E-state index contributed by atoms with van der Waals surface area (Å²) in [6.07, 6.45) is 1.44. The Balaban J connectivity index is 2.52. The van der Waals surface area contributed by atoms with Crippen LogP contribution < -0.4 is 10.2 Å². The molecule has 0 aliphatic rings. The van der Waals surface area contributed by atoms with Crippen molar-refractivity contribution in [3.8, 4) is 0 Å². The molecule has 0 fully saturated rings. The summed E-state index contributed by atoms with van der Waals surface area (Å²) in [5.74, 6) is 1.01. The maximum Gasteiger partial charge on any atom is 0.128 e. The molecule has 0 amide bonds. The number of ether oxygens (including phenoxy) is 1. The largest absolute Gasteiger partial charge is 0.377 e. The molecule has 0 radical (unpaired) electrons. The monoisotopic (exact) mass is 279 g/mol. The van der Waals surface area contributed by atoms with Crippen molar-refractivity contribution in [2.45, 2.75) is 46.8 Å². The molecule has 0 spiro atoms. The molecule has 1 heterocycles. The number of anilines is 1. The molecule has 0 atom stereocenters. The van der Waals surface area contributed by atoms with Gasteiger partial charge in [-0.15, -0.1) is 0 Å². The van der Waals surface area contributed by atoms with Gasteiger partial charge in [0.15, 0.2) is 0 Å². The van der Waals surface area contributed by atoms with Crippen LogP contribution in [0.15, 0.2) is 12.1 Å². The average molecular weight is 279 g/mol. The van der Waals surface area contributed by atoms with Crippen LogP contribution in [0, 0.1) is 6.92 Å². The molecule has 114 valence electrons. The first-order chi connectivity index (χ1) is 9.54. The summed E-state index contributed by atoms with van der Waals surface area (Å²) in [6, 6.07) is 4.26. The van der Waals surface area contributed by atoms with E-state index < -0.39 is 0 Å². The number of nitrogens with zero attached hydrogens (tertiary/aromatic N) is 2. The van der Waals surface area contributed by atoms with E-state index in [2.05, 4.69) is 62.1 Å². The Morgan fingerprint density at radius 1 is 1.35 bits per heavy atom. The van der Waals surface area contributed by atoms with Gasteiger partial charge in [-0.1, -0.05) is 13.0 Å². The first kappa shape index (κ1) is 16.9. The highest BCUT2D eigenvalue weighted by molar-refractivity contribution is 5.40. The number of likely N-dealkylation sites (N-methyl/N-ethyl adjacent to an activating group) is 1. The molecule has 4 nitrogen and oxygen atoms in total. The molecule has 1 aromatic heterocycles. The van der Waals surface area contributed by atoms with Gasteiger partial charge >= 0.3 is 0 Å². The smallest absolute Gasteiger partial charge is 0.128 e. The zero-order chi connectivity index (χ0) is 15.0. The van der Waals surface area contributed by atoms with Crippen molar-refractivity contribution in [2.24, 2.45) is 0 Å². The lowest BCUT2D eigenvalue weighted by atomic mass is 10.2. The predicted octanol–water partition coefficient (Wildman–Crippen LogP) is 2.75. The molecule has 0 saturated heterocycles. The van der Waals surface area contributed by atoms with E-state index in [1.54, 1.807) is 0 Å². The zero-order valence-electron chi connectivity index (χ0n) is 13.6. The van der Waals surface area contributed by atoms with Crippen LogP contribution in [0.1, 0.15) is 38.4 Å². The molecule has 0 bridgehead atoms. The number of pyridine rings is 1. The van der Waals surface area contributed by atoms with Crippen LogP contribution in [0.25, 0.3) is 0 Å². The molecule has 20 heavy (non-hydrogen) atoms. The van der Waals surface area contributed by atoms with Gasteiger partial charge in [-0.2, -0.15) is 0 Å². The van der Waals surface area contributed by atoms with Gasteiger partial charge in [-0.3, -0.25) is 0 Å². The van der Waals surface area contributed by atoms with Gasteiger partial charge in [0.2, 0.25) is 0 Å². The van der Waals surface area contributed by atoms with Crippen molar-refractivity contribution in [3.05, 3.63) is 23.4 Å². The summed E-state index contributed by atoms with van der Waals surface area (Å²) in [5.41, 5.74) is 2.37. The first-order valence-corrected chi connectivity index (χ1v) is 7.54. The van der Waals surface area contributed by atoms with Crippen LogP contribution in [0.5, 0.6) is 0 Å². The van der Waals surface area contributed by atoms with Crippen LogP contribution in [0.4, 0.5) is 5.82 Å². The molecular weight excluding hydrogens is 250 g/mol. The highest BCUT2D eigenvalue weighted by Crippen LogP contribution is 2.13. The summed E-state index contributed by atoms with van der Waals surface area (Å²) in [4.78, 5) is 6.82. The molecule has 1 N–H and O–H groups in total. The van der Waals surface area contributed by atoms with E-state index in [4.69, 9.17) is 4.74 Å². The SMILES string of the molecule is CCCNCc1ccc(N(C)CCOC(C)C)nc1C. The van der Waals surface area contributed by atoms with Gasteiger partial charge in [0.05, 0.1) is 12.7 Å². The summed E-state index contributed by atoms with van der Waals surface area (Å²) in [6.45, 7) is 11.9. The number of nitrogens with one attached hydrogen (secondary N) is 1. The second kappa shape index (κ2) is 8.93. The van der Waals surface area contributed by atoms with E-state index in [0.717, 1.165) is 44.2 Å². The number of rotatable bonds is 9. The van der Waals surface area contributed by atoms with E-state index >= 15 is 0 Å². The lowest BCUT2D eigenvalue weighted by Crippen LogP contribution is -2.25. The topological polar surface area (TPSA) is 37.4 Å². The van der Waals surface area contributed by atoms with Crippen LogP contribution >= 0.6 is 0 Å².